The predicted molar refractivity (Wildman–Crippen MR) is 80.1 cm³/mol. The number of nitrogens with two attached hydrogens (primary N) is 1. The average molecular weight is 286 g/mol. The van der Waals surface area contributed by atoms with Gasteiger partial charge < -0.3 is 15.7 Å². The average Bonchev–Trinajstić information content (AvgIpc) is 2.35. The summed E-state index contributed by atoms with van der Waals surface area (Å²) < 4.78 is 0. The Balaban J connectivity index is 3.86. The molecule has 5 nitrogen and oxygen atoms in total. The monoisotopic (exact) mass is 286 g/mol. The van der Waals surface area contributed by atoms with Gasteiger partial charge in [-0.25, -0.2) is 0 Å². The summed E-state index contributed by atoms with van der Waals surface area (Å²) in [7, 11) is 0. The van der Waals surface area contributed by atoms with Gasteiger partial charge in [-0.05, 0) is 13.3 Å². The molecule has 2 amide bonds. The molecular formula is C15H30N2O3. The number of hydrogen-bond donors (Lipinski definition) is 2. The van der Waals surface area contributed by atoms with Crippen molar-refractivity contribution in [2.75, 3.05) is 13.1 Å². The molecule has 0 fully saturated rings. The van der Waals surface area contributed by atoms with Gasteiger partial charge in [0.1, 0.15) is 0 Å². The van der Waals surface area contributed by atoms with Crippen molar-refractivity contribution in [1.29, 1.82) is 0 Å². The zero-order valence-corrected chi connectivity index (χ0v) is 12.9. The number of primary amides is 1. The molecule has 0 spiro atoms. The molecule has 0 saturated carbocycles. The first-order valence-corrected chi connectivity index (χ1v) is 7.71. The van der Waals surface area contributed by atoms with E-state index in [1.54, 1.807) is 6.92 Å². The molecule has 0 aliphatic heterocycles. The van der Waals surface area contributed by atoms with Crippen LogP contribution in [0.4, 0.5) is 0 Å². The van der Waals surface area contributed by atoms with E-state index in [-0.39, 0.29) is 19.0 Å². The highest BCUT2D eigenvalue weighted by Crippen LogP contribution is 2.09. The molecule has 0 saturated heterocycles. The highest BCUT2D eigenvalue weighted by atomic mass is 16.3. The molecule has 0 aromatic carbocycles. The fraction of sp³-hybridized carbons (Fsp3) is 0.867. The van der Waals surface area contributed by atoms with Crippen LogP contribution < -0.4 is 5.73 Å². The third kappa shape index (κ3) is 10.8. The van der Waals surface area contributed by atoms with Crippen LogP contribution in [0, 0.1) is 0 Å². The molecule has 1 unspecified atom stereocenters. The normalized spacial score (nSPS) is 12.2. The second-order valence-electron chi connectivity index (χ2n) is 5.46. The van der Waals surface area contributed by atoms with Crippen LogP contribution >= 0.6 is 0 Å². The van der Waals surface area contributed by atoms with Gasteiger partial charge in [-0.2, -0.15) is 0 Å². The van der Waals surface area contributed by atoms with Crippen molar-refractivity contribution < 1.29 is 14.7 Å². The van der Waals surface area contributed by atoms with Crippen LogP contribution in [0.1, 0.15) is 65.2 Å². The maximum absolute atomic E-state index is 12.0. The Morgan fingerprint density at radius 3 is 2.15 bits per heavy atom. The minimum Gasteiger partial charge on any atom is -0.392 e. The van der Waals surface area contributed by atoms with Crippen molar-refractivity contribution in [3.8, 4) is 0 Å². The topological polar surface area (TPSA) is 83.6 Å². The van der Waals surface area contributed by atoms with E-state index in [9.17, 15) is 14.7 Å². The first kappa shape index (κ1) is 18.9. The smallest absolute Gasteiger partial charge is 0.237 e. The minimum absolute atomic E-state index is 0.0988. The second kappa shape index (κ2) is 11.7. The maximum atomic E-state index is 12.0. The molecule has 0 bridgehead atoms. The number of hydrogen-bond acceptors (Lipinski definition) is 3. The van der Waals surface area contributed by atoms with Gasteiger partial charge in [-0.3, -0.25) is 9.59 Å². The summed E-state index contributed by atoms with van der Waals surface area (Å²) in [4.78, 5) is 24.2. The van der Waals surface area contributed by atoms with E-state index in [4.69, 9.17) is 5.73 Å². The number of aliphatic hydroxyl groups excluding tert-OH is 1. The second-order valence-corrected chi connectivity index (χ2v) is 5.46. The van der Waals surface area contributed by atoms with E-state index in [1.165, 1.54) is 30.6 Å². The highest BCUT2D eigenvalue weighted by Gasteiger charge is 2.16. The molecule has 0 aliphatic rings. The standard InChI is InChI=1S/C15H30N2O3/c1-3-4-5-6-7-8-9-10-15(20)17(11-13(2)18)12-14(16)19/h13,18H,3-12H2,1-2H3,(H2,16,19). The number of carbonyl (C=O) groups is 2. The molecule has 0 aliphatic carbocycles. The first-order valence-electron chi connectivity index (χ1n) is 7.71. The summed E-state index contributed by atoms with van der Waals surface area (Å²) in [5.74, 6) is -0.642. The lowest BCUT2D eigenvalue weighted by Crippen LogP contribution is -2.42. The molecule has 20 heavy (non-hydrogen) atoms. The van der Waals surface area contributed by atoms with E-state index in [1.807, 2.05) is 0 Å². The summed E-state index contributed by atoms with van der Waals surface area (Å²) in [6.07, 6.45) is 7.80. The van der Waals surface area contributed by atoms with Crippen LogP contribution in [0.2, 0.25) is 0 Å². The van der Waals surface area contributed by atoms with E-state index in [2.05, 4.69) is 6.92 Å². The lowest BCUT2D eigenvalue weighted by molar-refractivity contribution is -0.136. The van der Waals surface area contributed by atoms with Crippen LogP contribution in [0.3, 0.4) is 0 Å². The minimum atomic E-state index is -0.646. The Labute approximate surface area is 122 Å². The molecule has 118 valence electrons. The fourth-order valence-corrected chi connectivity index (χ4v) is 2.15. The van der Waals surface area contributed by atoms with Gasteiger partial charge in [-0.15, -0.1) is 0 Å². The van der Waals surface area contributed by atoms with Gasteiger partial charge in [0.05, 0.1) is 12.6 Å². The quantitative estimate of drug-likeness (QED) is 0.537. The number of rotatable bonds is 12. The highest BCUT2D eigenvalue weighted by molar-refractivity contribution is 5.83. The SMILES string of the molecule is CCCCCCCCCC(=O)N(CC(N)=O)CC(C)O. The zero-order chi connectivity index (χ0) is 15.4. The molecule has 0 rings (SSSR count). The summed E-state index contributed by atoms with van der Waals surface area (Å²) in [5, 5.41) is 9.33. The van der Waals surface area contributed by atoms with Gasteiger partial charge in [0.25, 0.3) is 0 Å². The molecule has 0 aromatic rings. The third-order valence-corrected chi connectivity index (χ3v) is 3.18. The van der Waals surface area contributed by atoms with E-state index < -0.39 is 12.0 Å². The van der Waals surface area contributed by atoms with Crippen molar-refractivity contribution >= 4 is 11.8 Å². The zero-order valence-electron chi connectivity index (χ0n) is 12.9. The van der Waals surface area contributed by atoms with Crippen LogP contribution in [-0.4, -0.2) is 41.0 Å². The number of carbonyl (C=O) groups excluding carboxylic acids is 2. The molecule has 3 N–H and O–H groups in total. The lowest BCUT2D eigenvalue weighted by atomic mass is 10.1. The van der Waals surface area contributed by atoms with Crippen LogP contribution in [0.15, 0.2) is 0 Å². The Bertz CT molecular complexity index is 280. The third-order valence-electron chi connectivity index (χ3n) is 3.18. The summed E-state index contributed by atoms with van der Waals surface area (Å²) in [5.41, 5.74) is 5.12. The predicted octanol–water partition coefficient (Wildman–Crippen LogP) is 1.82. The van der Waals surface area contributed by atoms with Crippen molar-refractivity contribution in [2.24, 2.45) is 5.73 Å². The Hall–Kier alpha value is -1.10. The molecular weight excluding hydrogens is 256 g/mol. The molecule has 5 heteroatoms. The summed E-state index contributed by atoms with van der Waals surface area (Å²) in [6, 6.07) is 0. The Kier molecular flexibility index (Phi) is 11.1. The summed E-state index contributed by atoms with van der Waals surface area (Å²) in [6.45, 7) is 3.83. The molecule has 1 atom stereocenters. The Morgan fingerprint density at radius 2 is 1.65 bits per heavy atom. The van der Waals surface area contributed by atoms with Gasteiger partial charge in [0.2, 0.25) is 11.8 Å². The molecule has 0 aromatic heterocycles. The number of unbranched alkanes of at least 4 members (excludes halogenated alkanes) is 6. The van der Waals surface area contributed by atoms with Crippen LogP contribution in [-0.2, 0) is 9.59 Å². The van der Waals surface area contributed by atoms with Crippen molar-refractivity contribution in [2.45, 2.75) is 71.3 Å². The van der Waals surface area contributed by atoms with Crippen molar-refractivity contribution in [3.63, 3.8) is 0 Å². The van der Waals surface area contributed by atoms with Crippen LogP contribution in [0.25, 0.3) is 0 Å². The first-order chi connectivity index (χ1) is 9.47. The summed E-state index contributed by atoms with van der Waals surface area (Å²) >= 11 is 0. The Morgan fingerprint density at radius 1 is 1.10 bits per heavy atom. The van der Waals surface area contributed by atoms with E-state index in [0.717, 1.165) is 19.3 Å². The van der Waals surface area contributed by atoms with Crippen LogP contribution in [0.5, 0.6) is 0 Å². The van der Waals surface area contributed by atoms with Gasteiger partial charge in [0, 0.05) is 13.0 Å². The fourth-order valence-electron chi connectivity index (χ4n) is 2.15. The largest absolute Gasteiger partial charge is 0.392 e. The van der Waals surface area contributed by atoms with Gasteiger partial charge >= 0.3 is 0 Å². The number of amides is 2. The van der Waals surface area contributed by atoms with E-state index in [0.29, 0.717) is 6.42 Å². The van der Waals surface area contributed by atoms with Gasteiger partial charge in [-0.1, -0.05) is 45.4 Å². The van der Waals surface area contributed by atoms with Gasteiger partial charge in [0.15, 0.2) is 0 Å². The van der Waals surface area contributed by atoms with E-state index >= 15 is 0 Å². The number of aliphatic hydroxyl groups is 1. The van der Waals surface area contributed by atoms with Crippen molar-refractivity contribution in [3.05, 3.63) is 0 Å². The van der Waals surface area contributed by atoms with Crippen molar-refractivity contribution in [1.82, 2.24) is 4.90 Å². The molecule has 0 heterocycles. The maximum Gasteiger partial charge on any atom is 0.237 e. The number of nitrogens with zero attached hydrogens (tertiary/aromatic N) is 1. The molecule has 0 radical (unpaired) electrons. The lowest BCUT2D eigenvalue weighted by Gasteiger charge is -2.22.